The maximum atomic E-state index is 14.6. The molecule has 1 aliphatic heterocycles. The zero-order chi connectivity index (χ0) is 39.2. The third kappa shape index (κ3) is 7.86. The van der Waals surface area contributed by atoms with E-state index in [1.807, 2.05) is 19.1 Å². The van der Waals surface area contributed by atoms with Crippen LogP contribution >= 0.6 is 0 Å². The number of nitrogens with one attached hydrogen (secondary N) is 3. The molecule has 2 heterocycles. The first-order valence-electron chi connectivity index (χ1n) is 19.7. The highest BCUT2D eigenvalue weighted by atomic mass is 32.2. The number of carbonyl (C=O) groups excluding carboxylic acids is 4. The SMILES string of the molecule is C=CC1CC1(NC(=O)[C@@H]1C[C@@H](Oc2c3c(nc4c(OC)cc(C)cc24)CCCC3)CN1C(=O)[C@@H](NC(=O)OC1CCCC1)C(C)C)C(=O)NS(=O)(=O)C1CC1. The largest absolute Gasteiger partial charge is 0.494 e. The van der Waals surface area contributed by atoms with Crippen molar-refractivity contribution < 1.29 is 41.8 Å². The molecule has 0 spiro atoms. The lowest BCUT2D eigenvalue weighted by Crippen LogP contribution is -2.59. The number of aryl methyl sites for hydroxylation is 2. The second-order valence-corrected chi connectivity index (χ2v) is 18.2. The van der Waals surface area contributed by atoms with Gasteiger partial charge in [-0.15, -0.1) is 6.58 Å². The van der Waals surface area contributed by atoms with Crippen LogP contribution in [0.25, 0.3) is 10.9 Å². The van der Waals surface area contributed by atoms with Crippen molar-refractivity contribution in [2.24, 2.45) is 11.8 Å². The Bertz CT molecular complexity index is 1990. The molecule has 5 aliphatic rings. The predicted molar refractivity (Wildman–Crippen MR) is 204 cm³/mol. The van der Waals surface area contributed by atoms with Crippen LogP contribution in [0.4, 0.5) is 4.79 Å². The number of hydrogen-bond donors (Lipinski definition) is 3. The minimum Gasteiger partial charge on any atom is -0.494 e. The molecule has 4 amide bonds. The first kappa shape index (κ1) is 38.9. The fourth-order valence-corrected chi connectivity index (χ4v) is 9.81. The third-order valence-corrected chi connectivity index (χ3v) is 13.6. The first-order valence-corrected chi connectivity index (χ1v) is 21.2. The van der Waals surface area contributed by atoms with Gasteiger partial charge >= 0.3 is 6.09 Å². The van der Waals surface area contributed by atoms with Crippen LogP contribution in [-0.2, 0) is 42.0 Å². The molecule has 14 nitrogen and oxygen atoms in total. The molecule has 15 heteroatoms. The van der Waals surface area contributed by atoms with Crippen molar-refractivity contribution in [2.75, 3.05) is 13.7 Å². The Hall–Kier alpha value is -4.40. The zero-order valence-corrected chi connectivity index (χ0v) is 33.0. The Labute approximate surface area is 322 Å². The number of fused-ring (bicyclic) bond motifs is 2. The van der Waals surface area contributed by atoms with Crippen LogP contribution < -0.4 is 24.8 Å². The van der Waals surface area contributed by atoms with Crippen molar-refractivity contribution in [3.63, 3.8) is 0 Å². The van der Waals surface area contributed by atoms with Gasteiger partial charge in [-0.05, 0) is 101 Å². The van der Waals surface area contributed by atoms with E-state index < -0.39 is 68.7 Å². The molecular formula is C40H53N5O9S. The number of aromatic nitrogens is 1. The number of sulfonamides is 1. The van der Waals surface area contributed by atoms with Crippen molar-refractivity contribution in [3.8, 4) is 11.5 Å². The molecule has 1 aromatic heterocycles. The Morgan fingerprint density at radius 2 is 1.76 bits per heavy atom. The number of hydrogen-bond acceptors (Lipinski definition) is 10. The van der Waals surface area contributed by atoms with Gasteiger partial charge in [0.15, 0.2) is 0 Å². The standard InChI is InChI=1S/C40H53N5O9S/c1-6-24-20-40(24,38(48)44-55(50,51)27-15-16-27)43-36(46)31-19-26(21-45(31)37(47)33(22(2)3)42-39(49)54-25-11-7-8-12-25)53-35-28-13-9-10-14-30(28)41-34-29(35)17-23(4)18-32(34)52-5/h6,17-18,22,24-27,31,33H,1,7-16,19-21H2,2-5H3,(H,42,49)(H,43,46)(H,44,48)/t24?,26-,31+,33+,40?/m1/s1. The summed E-state index contributed by atoms with van der Waals surface area (Å²) in [6, 6.07) is 1.80. The second kappa shape index (κ2) is 15.3. The number of pyridine rings is 1. The first-order chi connectivity index (χ1) is 26.2. The molecule has 2 unspecified atom stereocenters. The average molecular weight is 780 g/mol. The van der Waals surface area contributed by atoms with E-state index in [1.165, 1.54) is 11.0 Å². The average Bonchev–Trinajstić information content (AvgIpc) is 4.03. The van der Waals surface area contributed by atoms with Gasteiger partial charge in [-0.1, -0.05) is 19.9 Å². The van der Waals surface area contributed by atoms with E-state index in [1.54, 1.807) is 21.0 Å². The van der Waals surface area contributed by atoms with Crippen LogP contribution in [-0.4, -0.2) is 90.9 Å². The number of ether oxygens (including phenoxy) is 3. The molecule has 0 bridgehead atoms. The maximum Gasteiger partial charge on any atom is 0.408 e. The minimum atomic E-state index is -3.89. The predicted octanol–water partition coefficient (Wildman–Crippen LogP) is 4.14. The van der Waals surface area contributed by atoms with Gasteiger partial charge in [0.2, 0.25) is 21.8 Å². The van der Waals surface area contributed by atoms with Gasteiger partial charge in [0.05, 0.1) is 18.9 Å². The number of likely N-dealkylation sites (tertiary alicyclic amines) is 1. The molecule has 5 atom stereocenters. The summed E-state index contributed by atoms with van der Waals surface area (Å²) < 4.78 is 46.0. The summed E-state index contributed by atoms with van der Waals surface area (Å²) in [5.41, 5.74) is 2.01. The number of methoxy groups -OCH3 is 1. The highest BCUT2D eigenvalue weighted by molar-refractivity contribution is 7.91. The summed E-state index contributed by atoms with van der Waals surface area (Å²) in [5.74, 6) is -1.54. The molecule has 55 heavy (non-hydrogen) atoms. The Kier molecular flexibility index (Phi) is 10.8. The van der Waals surface area contributed by atoms with Gasteiger partial charge < -0.3 is 29.7 Å². The Morgan fingerprint density at radius 1 is 1.04 bits per heavy atom. The summed E-state index contributed by atoms with van der Waals surface area (Å²) in [5, 5.41) is 5.76. The maximum absolute atomic E-state index is 14.6. The number of nitrogens with zero attached hydrogens (tertiary/aromatic N) is 2. The van der Waals surface area contributed by atoms with E-state index in [0.29, 0.717) is 29.9 Å². The van der Waals surface area contributed by atoms with Crippen molar-refractivity contribution in [1.29, 1.82) is 0 Å². The van der Waals surface area contributed by atoms with E-state index in [2.05, 4.69) is 21.9 Å². The quantitative estimate of drug-likeness (QED) is 0.250. The van der Waals surface area contributed by atoms with E-state index in [0.717, 1.165) is 73.6 Å². The highest BCUT2D eigenvalue weighted by Gasteiger charge is 2.62. The summed E-state index contributed by atoms with van der Waals surface area (Å²) in [6.45, 7) is 9.40. The Morgan fingerprint density at radius 3 is 2.42 bits per heavy atom. The minimum absolute atomic E-state index is 0.0151. The van der Waals surface area contributed by atoms with E-state index in [4.69, 9.17) is 19.2 Å². The van der Waals surface area contributed by atoms with Crippen LogP contribution in [0.2, 0.25) is 0 Å². The van der Waals surface area contributed by atoms with E-state index >= 15 is 0 Å². The molecule has 3 saturated carbocycles. The molecule has 4 fully saturated rings. The van der Waals surface area contributed by atoms with E-state index in [-0.39, 0.29) is 31.4 Å². The van der Waals surface area contributed by atoms with Crippen LogP contribution in [0, 0.1) is 18.8 Å². The summed E-state index contributed by atoms with van der Waals surface area (Å²) >= 11 is 0. The lowest BCUT2D eigenvalue weighted by Gasteiger charge is -2.31. The topological polar surface area (TPSA) is 182 Å². The normalized spacial score (nSPS) is 25.5. The molecule has 4 aliphatic carbocycles. The van der Waals surface area contributed by atoms with Gasteiger partial charge in [0, 0.05) is 29.0 Å². The van der Waals surface area contributed by atoms with Crippen LogP contribution in [0.5, 0.6) is 11.5 Å². The highest BCUT2D eigenvalue weighted by Crippen LogP contribution is 2.46. The van der Waals surface area contributed by atoms with Gasteiger partial charge in [-0.25, -0.2) is 18.2 Å². The van der Waals surface area contributed by atoms with Gasteiger partial charge in [0.25, 0.3) is 5.91 Å². The Balaban J connectivity index is 1.20. The van der Waals surface area contributed by atoms with Crippen molar-refractivity contribution in [3.05, 3.63) is 41.6 Å². The second-order valence-electron chi connectivity index (χ2n) is 16.3. The van der Waals surface area contributed by atoms with Crippen LogP contribution in [0.15, 0.2) is 24.8 Å². The van der Waals surface area contributed by atoms with Crippen molar-refractivity contribution in [1.82, 2.24) is 25.2 Å². The summed E-state index contributed by atoms with van der Waals surface area (Å²) in [4.78, 5) is 62.1. The monoisotopic (exact) mass is 779 g/mol. The smallest absolute Gasteiger partial charge is 0.408 e. The number of alkyl carbamates (subject to hydrolysis) is 1. The van der Waals surface area contributed by atoms with E-state index in [9.17, 15) is 27.6 Å². The van der Waals surface area contributed by atoms with Crippen molar-refractivity contribution in [2.45, 2.75) is 133 Å². The molecule has 1 aromatic carbocycles. The van der Waals surface area contributed by atoms with Gasteiger partial charge in [-0.3, -0.25) is 19.1 Å². The zero-order valence-electron chi connectivity index (χ0n) is 32.1. The van der Waals surface area contributed by atoms with Crippen molar-refractivity contribution >= 4 is 44.7 Å². The molecule has 1 saturated heterocycles. The van der Waals surface area contributed by atoms with Gasteiger partial charge in [-0.2, -0.15) is 0 Å². The fourth-order valence-electron chi connectivity index (χ4n) is 8.45. The molecule has 2 aromatic rings. The number of rotatable bonds is 13. The molecule has 298 valence electrons. The number of carbonyl (C=O) groups is 4. The fraction of sp³-hybridized carbons (Fsp3) is 0.625. The number of benzene rings is 1. The lowest BCUT2D eigenvalue weighted by atomic mass is 9.93. The van der Waals surface area contributed by atoms with Crippen LogP contribution in [0.3, 0.4) is 0 Å². The molecule has 7 rings (SSSR count). The third-order valence-electron chi connectivity index (χ3n) is 11.8. The summed E-state index contributed by atoms with van der Waals surface area (Å²) in [6.07, 6.45) is 8.10. The lowest BCUT2D eigenvalue weighted by molar-refractivity contribution is -0.141. The van der Waals surface area contributed by atoms with Crippen LogP contribution in [0.1, 0.15) is 94.9 Å². The number of amides is 4. The molecule has 0 radical (unpaired) electrons. The summed E-state index contributed by atoms with van der Waals surface area (Å²) in [7, 11) is -2.29. The molecule has 3 N–H and O–H groups in total. The molecular weight excluding hydrogens is 727 g/mol. The van der Waals surface area contributed by atoms with Gasteiger partial charge in [0.1, 0.15) is 46.8 Å².